The first-order valence-electron chi connectivity index (χ1n) is 6.30. The molecular formula is C12H24N2O. The third-order valence-corrected chi connectivity index (χ3v) is 3.65. The van der Waals surface area contributed by atoms with Gasteiger partial charge in [0.2, 0.25) is 0 Å². The molecule has 1 saturated heterocycles. The number of aliphatic hydroxyl groups is 1. The van der Waals surface area contributed by atoms with Gasteiger partial charge in [0.25, 0.3) is 0 Å². The van der Waals surface area contributed by atoms with E-state index >= 15 is 0 Å². The number of hydrogen-bond donors (Lipinski definition) is 2. The lowest BCUT2D eigenvalue weighted by molar-refractivity contribution is 0.142. The van der Waals surface area contributed by atoms with Crippen LogP contribution in [0.5, 0.6) is 0 Å². The van der Waals surface area contributed by atoms with Crippen LogP contribution in [0.3, 0.4) is 0 Å². The van der Waals surface area contributed by atoms with Crippen molar-refractivity contribution in [2.45, 2.75) is 31.7 Å². The summed E-state index contributed by atoms with van der Waals surface area (Å²) >= 11 is 0. The number of likely N-dealkylation sites (tertiary alicyclic amines) is 1. The zero-order chi connectivity index (χ0) is 10.7. The number of hydrogen-bond acceptors (Lipinski definition) is 3. The average molecular weight is 212 g/mol. The predicted octanol–water partition coefficient (Wildman–Crippen LogP) is 0.689. The van der Waals surface area contributed by atoms with Crippen molar-refractivity contribution in [1.82, 2.24) is 10.2 Å². The highest BCUT2D eigenvalue weighted by atomic mass is 16.3. The van der Waals surface area contributed by atoms with Crippen LogP contribution < -0.4 is 5.32 Å². The van der Waals surface area contributed by atoms with Crippen molar-refractivity contribution < 1.29 is 5.11 Å². The van der Waals surface area contributed by atoms with Gasteiger partial charge in [0, 0.05) is 25.7 Å². The summed E-state index contributed by atoms with van der Waals surface area (Å²) in [6, 6.07) is 0.654. The first-order chi connectivity index (χ1) is 7.28. The Morgan fingerprint density at radius 3 is 2.73 bits per heavy atom. The first kappa shape index (κ1) is 11.4. The Balaban J connectivity index is 1.72. The Hall–Kier alpha value is -0.120. The fourth-order valence-corrected chi connectivity index (χ4v) is 2.64. The molecule has 1 aliphatic heterocycles. The smallest absolute Gasteiger partial charge is 0.0434 e. The van der Waals surface area contributed by atoms with Crippen molar-refractivity contribution in [3.8, 4) is 0 Å². The summed E-state index contributed by atoms with van der Waals surface area (Å²) in [6.45, 7) is 3.88. The summed E-state index contributed by atoms with van der Waals surface area (Å²) in [5, 5.41) is 12.7. The molecule has 0 aromatic heterocycles. The summed E-state index contributed by atoms with van der Waals surface area (Å²) in [4.78, 5) is 2.40. The van der Waals surface area contributed by atoms with E-state index in [1.807, 2.05) is 0 Å². The number of nitrogens with zero attached hydrogens (tertiary/aromatic N) is 1. The van der Waals surface area contributed by atoms with E-state index in [-0.39, 0.29) is 0 Å². The van der Waals surface area contributed by atoms with E-state index in [4.69, 9.17) is 5.11 Å². The van der Waals surface area contributed by atoms with Crippen LogP contribution in [0.4, 0.5) is 0 Å². The molecule has 2 rings (SSSR count). The molecule has 2 N–H and O–H groups in total. The minimum Gasteiger partial charge on any atom is -0.396 e. The van der Waals surface area contributed by atoms with Gasteiger partial charge in [-0.1, -0.05) is 0 Å². The summed E-state index contributed by atoms with van der Waals surface area (Å²) in [6.07, 6.45) is 5.06. The fourth-order valence-electron chi connectivity index (χ4n) is 2.64. The first-order valence-corrected chi connectivity index (χ1v) is 6.30. The lowest BCUT2D eigenvalue weighted by Gasteiger charge is -2.36. The van der Waals surface area contributed by atoms with Crippen molar-refractivity contribution in [2.75, 3.05) is 33.3 Å². The lowest BCUT2D eigenvalue weighted by atomic mass is 9.92. The number of nitrogens with one attached hydrogen (secondary N) is 1. The van der Waals surface area contributed by atoms with Crippen LogP contribution in [-0.2, 0) is 0 Å². The summed E-state index contributed by atoms with van der Waals surface area (Å²) in [5.41, 5.74) is 0. The molecule has 1 saturated carbocycles. The van der Waals surface area contributed by atoms with Crippen molar-refractivity contribution in [2.24, 2.45) is 11.8 Å². The second kappa shape index (κ2) is 5.28. The van der Waals surface area contributed by atoms with Crippen LogP contribution in [0, 0.1) is 11.8 Å². The van der Waals surface area contributed by atoms with Gasteiger partial charge in [-0.25, -0.2) is 0 Å². The van der Waals surface area contributed by atoms with Crippen molar-refractivity contribution in [1.29, 1.82) is 0 Å². The van der Waals surface area contributed by atoms with Crippen LogP contribution in [0.25, 0.3) is 0 Å². The molecule has 2 aliphatic rings. The third kappa shape index (κ3) is 3.74. The Labute approximate surface area is 92.8 Å². The van der Waals surface area contributed by atoms with E-state index < -0.39 is 0 Å². The Morgan fingerprint density at radius 1 is 1.27 bits per heavy atom. The Bertz CT molecular complexity index is 194. The molecule has 1 aliphatic carbocycles. The highest BCUT2D eigenvalue weighted by molar-refractivity contribution is 4.84. The van der Waals surface area contributed by atoms with E-state index in [1.54, 1.807) is 0 Å². The molecule has 0 bridgehead atoms. The standard InChI is InChI=1S/C12H24N2O/c1-14-8-11(4-5-15)6-12(9-14)13-7-10-2-3-10/h10-13,15H,2-9H2,1H3. The summed E-state index contributed by atoms with van der Waals surface area (Å²) in [5.74, 6) is 1.65. The van der Waals surface area contributed by atoms with E-state index in [9.17, 15) is 0 Å². The maximum Gasteiger partial charge on any atom is 0.0434 e. The normalized spacial score (nSPS) is 33.2. The Morgan fingerprint density at radius 2 is 2.07 bits per heavy atom. The molecule has 0 radical (unpaired) electrons. The number of piperidine rings is 1. The highest BCUT2D eigenvalue weighted by Crippen LogP contribution is 2.28. The van der Waals surface area contributed by atoms with E-state index in [0.717, 1.165) is 18.9 Å². The molecule has 88 valence electrons. The number of aliphatic hydroxyl groups excluding tert-OH is 1. The van der Waals surface area contributed by atoms with Crippen LogP contribution in [0.1, 0.15) is 25.7 Å². The molecule has 2 fully saturated rings. The molecule has 2 atom stereocenters. The van der Waals surface area contributed by atoms with E-state index in [2.05, 4.69) is 17.3 Å². The molecule has 0 amide bonds. The number of likely N-dealkylation sites (N-methyl/N-ethyl adjacent to an activating group) is 1. The van der Waals surface area contributed by atoms with Crippen molar-refractivity contribution >= 4 is 0 Å². The SMILES string of the molecule is CN1CC(CCO)CC(NCC2CC2)C1. The largest absolute Gasteiger partial charge is 0.396 e. The van der Waals surface area contributed by atoms with Gasteiger partial charge in [0.05, 0.1) is 0 Å². The molecule has 0 spiro atoms. The van der Waals surface area contributed by atoms with Gasteiger partial charge in [0.15, 0.2) is 0 Å². The maximum absolute atomic E-state index is 8.98. The molecular weight excluding hydrogens is 188 g/mol. The zero-order valence-electron chi connectivity index (χ0n) is 9.78. The molecule has 15 heavy (non-hydrogen) atoms. The van der Waals surface area contributed by atoms with Crippen LogP contribution in [-0.4, -0.2) is 49.3 Å². The van der Waals surface area contributed by atoms with Crippen molar-refractivity contribution in [3.05, 3.63) is 0 Å². The Kier molecular flexibility index (Phi) is 4.00. The maximum atomic E-state index is 8.98. The zero-order valence-corrected chi connectivity index (χ0v) is 9.78. The third-order valence-electron chi connectivity index (χ3n) is 3.65. The highest BCUT2D eigenvalue weighted by Gasteiger charge is 2.27. The van der Waals surface area contributed by atoms with E-state index in [1.165, 1.54) is 32.4 Å². The van der Waals surface area contributed by atoms with Gasteiger partial charge in [-0.2, -0.15) is 0 Å². The monoisotopic (exact) mass is 212 g/mol. The molecule has 3 heteroatoms. The molecule has 2 unspecified atom stereocenters. The van der Waals surface area contributed by atoms with Gasteiger partial charge in [-0.15, -0.1) is 0 Å². The van der Waals surface area contributed by atoms with Crippen LogP contribution >= 0.6 is 0 Å². The van der Waals surface area contributed by atoms with Gasteiger partial charge in [-0.3, -0.25) is 0 Å². The predicted molar refractivity (Wildman–Crippen MR) is 61.8 cm³/mol. The van der Waals surface area contributed by atoms with Gasteiger partial charge < -0.3 is 15.3 Å². The van der Waals surface area contributed by atoms with Crippen LogP contribution in [0.2, 0.25) is 0 Å². The molecule has 0 aromatic carbocycles. The molecule has 3 nitrogen and oxygen atoms in total. The molecule has 0 aromatic rings. The fraction of sp³-hybridized carbons (Fsp3) is 1.00. The quantitative estimate of drug-likeness (QED) is 0.704. The number of rotatable bonds is 5. The average Bonchev–Trinajstić information content (AvgIpc) is 2.98. The van der Waals surface area contributed by atoms with E-state index in [0.29, 0.717) is 18.6 Å². The summed E-state index contributed by atoms with van der Waals surface area (Å²) < 4.78 is 0. The van der Waals surface area contributed by atoms with Gasteiger partial charge in [-0.05, 0) is 51.1 Å². The topological polar surface area (TPSA) is 35.5 Å². The molecule has 1 heterocycles. The lowest BCUT2D eigenvalue weighted by Crippen LogP contribution is -2.48. The van der Waals surface area contributed by atoms with Gasteiger partial charge >= 0.3 is 0 Å². The minimum atomic E-state index is 0.341. The van der Waals surface area contributed by atoms with Gasteiger partial charge in [0.1, 0.15) is 0 Å². The second-order valence-electron chi connectivity index (χ2n) is 5.38. The van der Waals surface area contributed by atoms with Crippen molar-refractivity contribution in [3.63, 3.8) is 0 Å². The van der Waals surface area contributed by atoms with Crippen LogP contribution in [0.15, 0.2) is 0 Å². The second-order valence-corrected chi connectivity index (χ2v) is 5.38. The minimum absolute atomic E-state index is 0.341. The summed E-state index contributed by atoms with van der Waals surface area (Å²) in [7, 11) is 2.19.